The number of para-hydroxylation sites is 1. The Hall–Kier alpha value is -2.12. The number of carboxylic acids is 1. The van der Waals surface area contributed by atoms with E-state index in [-0.39, 0.29) is 18.4 Å². The number of methoxy groups -OCH3 is 1. The van der Waals surface area contributed by atoms with Crippen molar-refractivity contribution in [3.63, 3.8) is 0 Å². The van der Waals surface area contributed by atoms with Crippen molar-refractivity contribution in [3.8, 4) is 5.75 Å². The van der Waals surface area contributed by atoms with Gasteiger partial charge in [-0.2, -0.15) is 0 Å². The molecule has 1 aromatic carbocycles. The summed E-state index contributed by atoms with van der Waals surface area (Å²) < 4.78 is 5.41. The third-order valence-corrected chi connectivity index (χ3v) is 5.80. The molecule has 2 heterocycles. The lowest BCUT2D eigenvalue weighted by molar-refractivity contribution is -0.142. The second-order valence-electron chi connectivity index (χ2n) is 7.30. The molecule has 0 bridgehead atoms. The van der Waals surface area contributed by atoms with E-state index in [4.69, 9.17) is 4.74 Å². The van der Waals surface area contributed by atoms with Crippen molar-refractivity contribution in [1.82, 2.24) is 14.7 Å². The number of ether oxygens (including phenoxy) is 1. The molecule has 27 heavy (non-hydrogen) atoms. The van der Waals surface area contributed by atoms with Gasteiger partial charge in [-0.1, -0.05) is 25.1 Å². The first-order chi connectivity index (χ1) is 13.0. The number of likely N-dealkylation sites (tertiary alicyclic amines) is 1. The van der Waals surface area contributed by atoms with Crippen LogP contribution in [0.5, 0.6) is 5.75 Å². The molecule has 1 N–H and O–H groups in total. The molecule has 3 rings (SSSR count). The fraction of sp³-hybridized carbons (Fsp3) is 0.600. The summed E-state index contributed by atoms with van der Waals surface area (Å²) in [6.45, 7) is 7.94. The molecule has 0 radical (unpaired) electrons. The third kappa shape index (κ3) is 4.42. The lowest BCUT2D eigenvalue weighted by Crippen LogP contribution is -2.49. The van der Waals surface area contributed by atoms with Gasteiger partial charge in [-0.3, -0.25) is 14.5 Å². The number of piperazine rings is 1. The number of carbonyl (C=O) groups is 2. The Kier molecular flexibility index (Phi) is 6.34. The Morgan fingerprint density at radius 2 is 1.78 bits per heavy atom. The van der Waals surface area contributed by atoms with Gasteiger partial charge < -0.3 is 19.6 Å². The zero-order valence-corrected chi connectivity index (χ0v) is 16.1. The van der Waals surface area contributed by atoms with Crippen LogP contribution >= 0.6 is 0 Å². The van der Waals surface area contributed by atoms with Crippen LogP contribution in [-0.2, 0) is 9.59 Å². The number of aliphatic carboxylic acids is 1. The van der Waals surface area contributed by atoms with Crippen LogP contribution in [0.25, 0.3) is 0 Å². The van der Waals surface area contributed by atoms with E-state index >= 15 is 0 Å². The van der Waals surface area contributed by atoms with Gasteiger partial charge >= 0.3 is 5.97 Å². The van der Waals surface area contributed by atoms with Crippen molar-refractivity contribution in [2.45, 2.75) is 12.8 Å². The molecule has 1 amide bonds. The highest BCUT2D eigenvalue weighted by Gasteiger charge is 2.41. The number of rotatable bonds is 6. The minimum atomic E-state index is -0.863. The summed E-state index contributed by atoms with van der Waals surface area (Å²) in [5, 5.41) is 9.69. The standard InChI is InChI=1S/C20H29N3O4/c1-3-21-8-10-22(11-9-21)14-19(24)23-12-16(17(13-23)20(25)26)15-6-4-5-7-18(15)27-2/h4-7,16-17H,3,8-14H2,1-2H3,(H,25,26)/t16-,17+/m1/s1. The topological polar surface area (TPSA) is 73.3 Å². The first-order valence-corrected chi connectivity index (χ1v) is 9.61. The zero-order valence-electron chi connectivity index (χ0n) is 16.1. The summed E-state index contributed by atoms with van der Waals surface area (Å²) in [5.41, 5.74) is 0.860. The highest BCUT2D eigenvalue weighted by Crippen LogP contribution is 2.37. The summed E-state index contributed by atoms with van der Waals surface area (Å²) in [4.78, 5) is 30.9. The van der Waals surface area contributed by atoms with Gasteiger partial charge in [-0.15, -0.1) is 0 Å². The highest BCUT2D eigenvalue weighted by atomic mass is 16.5. The van der Waals surface area contributed by atoms with Crippen LogP contribution in [0.3, 0.4) is 0 Å². The van der Waals surface area contributed by atoms with E-state index < -0.39 is 11.9 Å². The maximum Gasteiger partial charge on any atom is 0.308 e. The van der Waals surface area contributed by atoms with Gasteiger partial charge in [0.25, 0.3) is 0 Å². The van der Waals surface area contributed by atoms with E-state index in [1.807, 2.05) is 24.3 Å². The highest BCUT2D eigenvalue weighted by molar-refractivity contribution is 5.81. The fourth-order valence-electron chi connectivity index (χ4n) is 4.10. The van der Waals surface area contributed by atoms with Gasteiger partial charge in [0.15, 0.2) is 0 Å². The van der Waals surface area contributed by atoms with Crippen LogP contribution in [0.2, 0.25) is 0 Å². The molecule has 2 aliphatic heterocycles. The molecule has 0 aromatic heterocycles. The summed E-state index contributed by atoms with van der Waals surface area (Å²) in [6.07, 6.45) is 0. The Labute approximate surface area is 160 Å². The number of carboxylic acid groups (broad SMARTS) is 1. The predicted molar refractivity (Wildman–Crippen MR) is 102 cm³/mol. The maximum absolute atomic E-state index is 12.8. The van der Waals surface area contributed by atoms with Crippen molar-refractivity contribution in [1.29, 1.82) is 0 Å². The smallest absolute Gasteiger partial charge is 0.308 e. The predicted octanol–water partition coefficient (Wildman–Crippen LogP) is 0.959. The molecule has 1 aromatic rings. The fourth-order valence-corrected chi connectivity index (χ4v) is 4.10. The molecule has 0 saturated carbocycles. The number of nitrogens with zero attached hydrogens (tertiary/aromatic N) is 3. The Bertz CT molecular complexity index is 673. The van der Waals surface area contributed by atoms with Gasteiger partial charge in [0.2, 0.25) is 5.91 Å². The second kappa shape index (κ2) is 8.71. The van der Waals surface area contributed by atoms with E-state index in [0.29, 0.717) is 18.8 Å². The minimum absolute atomic E-state index is 0.0172. The Morgan fingerprint density at radius 1 is 1.11 bits per heavy atom. The van der Waals surface area contributed by atoms with Crippen molar-refractivity contribution < 1.29 is 19.4 Å². The van der Waals surface area contributed by atoms with Gasteiger partial charge in [0, 0.05) is 45.2 Å². The normalized spacial score (nSPS) is 24.1. The first kappa shape index (κ1) is 19.6. The third-order valence-electron chi connectivity index (χ3n) is 5.80. The number of likely N-dealkylation sites (N-methyl/N-ethyl adjacent to an activating group) is 1. The average Bonchev–Trinajstić information content (AvgIpc) is 3.14. The molecular weight excluding hydrogens is 346 g/mol. The van der Waals surface area contributed by atoms with Crippen LogP contribution < -0.4 is 4.74 Å². The van der Waals surface area contributed by atoms with E-state index in [1.54, 1.807) is 12.0 Å². The van der Waals surface area contributed by atoms with E-state index in [9.17, 15) is 14.7 Å². The molecule has 148 valence electrons. The molecular formula is C20H29N3O4. The molecule has 2 fully saturated rings. The Morgan fingerprint density at radius 3 is 2.41 bits per heavy atom. The van der Waals surface area contributed by atoms with Crippen molar-refractivity contribution in [3.05, 3.63) is 29.8 Å². The second-order valence-corrected chi connectivity index (χ2v) is 7.30. The summed E-state index contributed by atoms with van der Waals surface area (Å²) in [5.74, 6) is -1.03. The lowest BCUT2D eigenvalue weighted by Gasteiger charge is -2.34. The summed E-state index contributed by atoms with van der Waals surface area (Å²) in [7, 11) is 1.59. The van der Waals surface area contributed by atoms with E-state index in [0.717, 1.165) is 38.3 Å². The molecule has 7 heteroatoms. The molecule has 2 saturated heterocycles. The number of amides is 1. The van der Waals surface area contributed by atoms with Crippen molar-refractivity contribution in [2.75, 3.05) is 59.5 Å². The summed E-state index contributed by atoms with van der Waals surface area (Å²) >= 11 is 0. The first-order valence-electron chi connectivity index (χ1n) is 9.61. The molecule has 2 atom stereocenters. The van der Waals surface area contributed by atoms with Gasteiger partial charge in [0.05, 0.1) is 19.6 Å². The maximum atomic E-state index is 12.8. The lowest BCUT2D eigenvalue weighted by atomic mass is 9.88. The summed E-state index contributed by atoms with van der Waals surface area (Å²) in [6, 6.07) is 7.49. The quantitative estimate of drug-likeness (QED) is 0.798. The Balaban J connectivity index is 1.67. The van der Waals surface area contributed by atoms with Crippen LogP contribution in [0, 0.1) is 5.92 Å². The van der Waals surface area contributed by atoms with Gasteiger partial charge in [-0.05, 0) is 18.2 Å². The average molecular weight is 375 g/mol. The van der Waals surface area contributed by atoms with Crippen LogP contribution in [0.1, 0.15) is 18.4 Å². The molecule has 7 nitrogen and oxygen atoms in total. The van der Waals surface area contributed by atoms with E-state index in [2.05, 4.69) is 16.7 Å². The molecule has 0 unspecified atom stereocenters. The van der Waals surface area contributed by atoms with Gasteiger partial charge in [0.1, 0.15) is 5.75 Å². The van der Waals surface area contributed by atoms with Crippen molar-refractivity contribution in [2.24, 2.45) is 5.92 Å². The molecule has 0 spiro atoms. The molecule has 2 aliphatic rings. The number of benzene rings is 1. The minimum Gasteiger partial charge on any atom is -0.496 e. The van der Waals surface area contributed by atoms with Crippen molar-refractivity contribution >= 4 is 11.9 Å². The SMILES string of the molecule is CCN1CCN(CC(=O)N2C[C@H](C(=O)O)[C@@H](c3ccccc3OC)C2)CC1. The zero-order chi connectivity index (χ0) is 19.4. The van der Waals surface area contributed by atoms with Gasteiger partial charge in [-0.25, -0.2) is 0 Å². The number of carbonyl (C=O) groups excluding carboxylic acids is 1. The number of hydrogen-bond acceptors (Lipinski definition) is 5. The monoisotopic (exact) mass is 375 g/mol. The van der Waals surface area contributed by atoms with Crippen LogP contribution in [0.15, 0.2) is 24.3 Å². The van der Waals surface area contributed by atoms with Crippen LogP contribution in [-0.4, -0.2) is 91.2 Å². The van der Waals surface area contributed by atoms with Crippen LogP contribution in [0.4, 0.5) is 0 Å². The number of hydrogen-bond donors (Lipinski definition) is 1. The van der Waals surface area contributed by atoms with E-state index in [1.165, 1.54) is 0 Å². The molecule has 0 aliphatic carbocycles. The largest absolute Gasteiger partial charge is 0.496 e.